The first-order chi connectivity index (χ1) is 15.1. The van der Waals surface area contributed by atoms with E-state index in [1.807, 2.05) is 53.7 Å². The fraction of sp³-hybridized carbons (Fsp3) is 0.458. The number of unbranched alkanes of at least 4 members (excludes halogenated alkanes) is 3. The molecular formula is C24H32N4O2S. The molecule has 0 saturated carbocycles. The van der Waals surface area contributed by atoms with Crippen molar-refractivity contribution in [2.45, 2.75) is 52.0 Å². The van der Waals surface area contributed by atoms with Crippen LogP contribution in [0.15, 0.2) is 41.8 Å². The molecule has 2 aromatic heterocycles. The van der Waals surface area contributed by atoms with Crippen molar-refractivity contribution >= 4 is 34.2 Å². The second-order valence-corrected chi connectivity index (χ2v) is 8.76. The molecule has 0 radical (unpaired) electrons. The molecule has 0 aliphatic heterocycles. The Labute approximate surface area is 188 Å². The number of hydrogen-bond acceptors (Lipinski definition) is 4. The van der Waals surface area contributed by atoms with Gasteiger partial charge in [0.15, 0.2) is 0 Å². The largest absolute Gasteiger partial charge is 0.351 e. The third-order valence-electron chi connectivity index (χ3n) is 5.41. The molecule has 0 spiro atoms. The van der Waals surface area contributed by atoms with Gasteiger partial charge in [0.25, 0.3) is 5.91 Å². The number of imidazole rings is 1. The number of likely N-dealkylation sites (N-methyl/N-ethyl adjacent to an activating group) is 1. The Morgan fingerprint density at radius 2 is 1.94 bits per heavy atom. The van der Waals surface area contributed by atoms with Gasteiger partial charge in [-0.05, 0) is 42.8 Å². The van der Waals surface area contributed by atoms with Gasteiger partial charge in [0.2, 0.25) is 5.91 Å². The van der Waals surface area contributed by atoms with Crippen LogP contribution in [0.2, 0.25) is 0 Å². The van der Waals surface area contributed by atoms with E-state index in [1.54, 1.807) is 0 Å². The lowest BCUT2D eigenvalue weighted by Gasteiger charge is -2.18. The third-order valence-corrected chi connectivity index (χ3v) is 6.28. The summed E-state index contributed by atoms with van der Waals surface area (Å²) in [6.45, 7) is 3.92. The van der Waals surface area contributed by atoms with Gasteiger partial charge in [-0.15, -0.1) is 11.3 Å². The number of nitrogens with zero attached hydrogens (tertiary/aromatic N) is 3. The molecule has 0 aliphatic carbocycles. The fourth-order valence-corrected chi connectivity index (χ4v) is 4.19. The predicted molar refractivity (Wildman–Crippen MR) is 126 cm³/mol. The second kappa shape index (κ2) is 11.6. The number of benzene rings is 1. The first-order valence-corrected chi connectivity index (χ1v) is 12.0. The van der Waals surface area contributed by atoms with Crippen molar-refractivity contribution in [1.82, 2.24) is 19.8 Å². The molecule has 0 atom stereocenters. The van der Waals surface area contributed by atoms with Crippen molar-refractivity contribution in [1.29, 1.82) is 0 Å². The molecule has 166 valence electrons. The Morgan fingerprint density at radius 1 is 1.10 bits per heavy atom. The minimum Gasteiger partial charge on any atom is -0.351 e. The third kappa shape index (κ3) is 6.40. The van der Waals surface area contributed by atoms with Crippen molar-refractivity contribution in [2.75, 3.05) is 20.1 Å². The monoisotopic (exact) mass is 440 g/mol. The van der Waals surface area contributed by atoms with E-state index >= 15 is 0 Å². The van der Waals surface area contributed by atoms with Crippen LogP contribution < -0.4 is 5.32 Å². The van der Waals surface area contributed by atoms with Crippen molar-refractivity contribution in [2.24, 2.45) is 0 Å². The Morgan fingerprint density at radius 3 is 2.71 bits per heavy atom. The average Bonchev–Trinajstić information content (AvgIpc) is 3.43. The van der Waals surface area contributed by atoms with Gasteiger partial charge in [-0.2, -0.15) is 0 Å². The van der Waals surface area contributed by atoms with Crippen molar-refractivity contribution in [3.63, 3.8) is 0 Å². The van der Waals surface area contributed by atoms with Gasteiger partial charge < -0.3 is 14.8 Å². The zero-order valence-electron chi connectivity index (χ0n) is 18.5. The number of aryl methyl sites for hydroxylation is 1. The first kappa shape index (κ1) is 23.0. The summed E-state index contributed by atoms with van der Waals surface area (Å²) in [4.78, 5) is 32.1. The van der Waals surface area contributed by atoms with Gasteiger partial charge in [0, 0.05) is 26.6 Å². The second-order valence-electron chi connectivity index (χ2n) is 7.82. The average molecular weight is 441 g/mol. The minimum absolute atomic E-state index is 0.00231. The molecule has 31 heavy (non-hydrogen) atoms. The fourth-order valence-electron chi connectivity index (χ4n) is 3.55. The molecule has 0 unspecified atom stereocenters. The molecule has 6 nitrogen and oxygen atoms in total. The molecule has 2 amide bonds. The number of hydrogen-bond donors (Lipinski definition) is 1. The highest BCUT2D eigenvalue weighted by atomic mass is 32.1. The van der Waals surface area contributed by atoms with Crippen LogP contribution >= 0.6 is 11.3 Å². The highest BCUT2D eigenvalue weighted by molar-refractivity contribution is 7.12. The van der Waals surface area contributed by atoms with Gasteiger partial charge in [-0.25, -0.2) is 4.98 Å². The van der Waals surface area contributed by atoms with Crippen molar-refractivity contribution < 1.29 is 9.59 Å². The lowest BCUT2D eigenvalue weighted by atomic mass is 10.2. The lowest BCUT2D eigenvalue weighted by Crippen LogP contribution is -2.31. The van der Waals surface area contributed by atoms with Crippen LogP contribution in [0.4, 0.5) is 0 Å². The van der Waals surface area contributed by atoms with Gasteiger partial charge in [0.05, 0.1) is 15.9 Å². The zero-order chi connectivity index (χ0) is 22.1. The number of fused-ring (bicyclic) bond motifs is 1. The number of thiophene rings is 1. The number of para-hydroxylation sites is 2. The smallest absolute Gasteiger partial charge is 0.261 e. The topological polar surface area (TPSA) is 67.2 Å². The van der Waals surface area contributed by atoms with E-state index in [-0.39, 0.29) is 11.8 Å². The first-order valence-electron chi connectivity index (χ1n) is 11.1. The SMILES string of the molecule is CCCCN(C)C(=O)Cn1c(CCCCCNC(=O)c2cccs2)nc2ccccc21. The van der Waals surface area contributed by atoms with Gasteiger partial charge in [-0.3, -0.25) is 9.59 Å². The van der Waals surface area contributed by atoms with Crippen molar-refractivity contribution in [3.05, 3.63) is 52.5 Å². The summed E-state index contributed by atoms with van der Waals surface area (Å²) in [6.07, 6.45) is 5.80. The van der Waals surface area contributed by atoms with Crippen LogP contribution in [-0.4, -0.2) is 46.4 Å². The summed E-state index contributed by atoms with van der Waals surface area (Å²) in [7, 11) is 1.88. The summed E-state index contributed by atoms with van der Waals surface area (Å²) < 4.78 is 2.07. The van der Waals surface area contributed by atoms with Gasteiger partial charge >= 0.3 is 0 Å². The molecule has 7 heteroatoms. The summed E-state index contributed by atoms with van der Waals surface area (Å²) in [5, 5.41) is 4.88. The van der Waals surface area contributed by atoms with Gasteiger partial charge in [-0.1, -0.05) is 38.0 Å². The maximum Gasteiger partial charge on any atom is 0.261 e. The number of nitrogens with one attached hydrogen (secondary N) is 1. The Balaban J connectivity index is 1.53. The van der Waals surface area contributed by atoms with E-state index in [1.165, 1.54) is 11.3 Å². The maximum atomic E-state index is 12.7. The van der Waals surface area contributed by atoms with Crippen LogP contribution in [0.5, 0.6) is 0 Å². The van der Waals surface area contributed by atoms with E-state index in [0.29, 0.717) is 13.1 Å². The summed E-state index contributed by atoms with van der Waals surface area (Å²) in [5.74, 6) is 1.08. The highest BCUT2D eigenvalue weighted by Gasteiger charge is 2.15. The standard InChI is InChI=1S/C24H32N4O2S/c1-3-4-16-27(2)23(29)18-28-20-12-8-7-11-19(20)26-22(28)14-6-5-9-15-25-24(30)21-13-10-17-31-21/h7-8,10-13,17H,3-6,9,14-16,18H2,1-2H3,(H,25,30). The van der Waals surface area contributed by atoms with Crippen LogP contribution in [0.3, 0.4) is 0 Å². The minimum atomic E-state index is 0.00231. The Kier molecular flexibility index (Phi) is 8.64. The summed E-state index contributed by atoms with van der Waals surface area (Å²) in [5.41, 5.74) is 1.95. The molecule has 1 N–H and O–H groups in total. The molecule has 0 bridgehead atoms. The summed E-state index contributed by atoms with van der Waals surface area (Å²) in [6, 6.07) is 11.7. The van der Waals surface area contributed by atoms with E-state index in [2.05, 4.69) is 16.8 Å². The van der Waals surface area contributed by atoms with E-state index < -0.39 is 0 Å². The molecule has 2 heterocycles. The Bertz CT molecular complexity index is 981. The van der Waals surface area contributed by atoms with Crippen LogP contribution in [0.1, 0.15) is 54.5 Å². The summed E-state index contributed by atoms with van der Waals surface area (Å²) >= 11 is 1.46. The zero-order valence-corrected chi connectivity index (χ0v) is 19.3. The molecule has 0 fully saturated rings. The van der Waals surface area contributed by atoms with Crippen LogP contribution in [0, 0.1) is 0 Å². The number of carbonyl (C=O) groups excluding carboxylic acids is 2. The molecule has 0 saturated heterocycles. The highest BCUT2D eigenvalue weighted by Crippen LogP contribution is 2.18. The quantitative estimate of drug-likeness (QED) is 0.422. The molecule has 3 aromatic rings. The molecule has 0 aliphatic rings. The molecule has 1 aromatic carbocycles. The van der Waals surface area contributed by atoms with Crippen molar-refractivity contribution in [3.8, 4) is 0 Å². The maximum absolute atomic E-state index is 12.7. The number of rotatable bonds is 12. The molecular weight excluding hydrogens is 408 g/mol. The van der Waals surface area contributed by atoms with Crippen LogP contribution in [-0.2, 0) is 17.8 Å². The number of aromatic nitrogens is 2. The van der Waals surface area contributed by atoms with Crippen LogP contribution in [0.25, 0.3) is 11.0 Å². The normalized spacial score (nSPS) is 11.0. The van der Waals surface area contributed by atoms with E-state index in [9.17, 15) is 9.59 Å². The van der Waals surface area contributed by atoms with Gasteiger partial charge in [0.1, 0.15) is 12.4 Å². The Hall–Kier alpha value is -2.67. The molecule has 3 rings (SSSR count). The number of carbonyl (C=O) groups is 2. The predicted octanol–water partition coefficient (Wildman–Crippen LogP) is 4.50. The lowest BCUT2D eigenvalue weighted by molar-refractivity contribution is -0.130. The number of amides is 2. The van der Waals surface area contributed by atoms with E-state index in [4.69, 9.17) is 4.98 Å². The van der Waals surface area contributed by atoms with E-state index in [0.717, 1.165) is 66.8 Å².